The molecule has 1 aliphatic heterocycles. The highest BCUT2D eigenvalue weighted by Crippen LogP contribution is 2.39. The van der Waals surface area contributed by atoms with Crippen molar-refractivity contribution in [1.82, 2.24) is 0 Å². The fourth-order valence-electron chi connectivity index (χ4n) is 3.38. The Morgan fingerprint density at radius 2 is 1.84 bits per heavy atom. The van der Waals surface area contributed by atoms with Crippen molar-refractivity contribution in [3.8, 4) is 5.75 Å². The molecule has 0 saturated carbocycles. The largest absolute Gasteiger partial charge is 0.488 e. The number of anilines is 1. The van der Waals surface area contributed by atoms with Crippen LogP contribution >= 0.6 is 39.9 Å². The zero-order chi connectivity index (χ0) is 22.8. The maximum absolute atomic E-state index is 13.2. The molecule has 0 bridgehead atoms. The molecule has 3 aromatic carbocycles. The molecule has 4 rings (SSSR count). The second-order valence-electron chi connectivity index (χ2n) is 7.40. The Morgan fingerprint density at radius 1 is 1.09 bits per heavy atom. The van der Waals surface area contributed by atoms with E-state index in [4.69, 9.17) is 17.0 Å². The van der Waals surface area contributed by atoms with E-state index < -0.39 is 0 Å². The van der Waals surface area contributed by atoms with E-state index in [1.807, 2.05) is 50.2 Å². The first kappa shape index (κ1) is 22.7. The number of halogens is 2. The summed E-state index contributed by atoms with van der Waals surface area (Å²) in [6.07, 6.45) is 1.80. The van der Waals surface area contributed by atoms with Gasteiger partial charge in [0.25, 0.3) is 5.91 Å². The van der Waals surface area contributed by atoms with Gasteiger partial charge >= 0.3 is 0 Å². The van der Waals surface area contributed by atoms with Gasteiger partial charge in [0, 0.05) is 10.0 Å². The van der Waals surface area contributed by atoms with Crippen LogP contribution < -0.4 is 9.64 Å². The van der Waals surface area contributed by atoms with E-state index >= 15 is 0 Å². The van der Waals surface area contributed by atoms with Crippen molar-refractivity contribution in [3.63, 3.8) is 0 Å². The van der Waals surface area contributed by atoms with Crippen LogP contribution in [0.25, 0.3) is 6.08 Å². The van der Waals surface area contributed by atoms with Gasteiger partial charge in [-0.1, -0.05) is 69.7 Å². The first-order valence-electron chi connectivity index (χ1n) is 9.84. The molecular weight excluding hydrogens is 509 g/mol. The van der Waals surface area contributed by atoms with Crippen LogP contribution in [0.4, 0.5) is 10.1 Å². The smallest absolute Gasteiger partial charge is 0.270 e. The van der Waals surface area contributed by atoms with Gasteiger partial charge in [-0.05, 0) is 67.4 Å². The van der Waals surface area contributed by atoms with Crippen molar-refractivity contribution in [1.29, 1.82) is 0 Å². The van der Waals surface area contributed by atoms with Gasteiger partial charge in [0.05, 0.1) is 10.6 Å². The van der Waals surface area contributed by atoms with Crippen LogP contribution in [0.3, 0.4) is 0 Å². The van der Waals surface area contributed by atoms with Crippen molar-refractivity contribution < 1.29 is 13.9 Å². The van der Waals surface area contributed by atoms with Gasteiger partial charge in [0.1, 0.15) is 18.2 Å². The predicted molar refractivity (Wildman–Crippen MR) is 136 cm³/mol. The average molecular weight is 528 g/mol. The molecule has 0 aliphatic carbocycles. The van der Waals surface area contributed by atoms with E-state index in [1.165, 1.54) is 23.9 Å². The first-order valence-corrected chi connectivity index (χ1v) is 11.9. The van der Waals surface area contributed by atoms with Crippen LogP contribution in [-0.2, 0) is 11.4 Å². The normalized spacial score (nSPS) is 15.0. The van der Waals surface area contributed by atoms with E-state index in [2.05, 4.69) is 15.9 Å². The van der Waals surface area contributed by atoms with E-state index in [9.17, 15) is 9.18 Å². The number of thiocarbonyl (C=S) groups is 1. The summed E-state index contributed by atoms with van der Waals surface area (Å²) >= 11 is 10.3. The van der Waals surface area contributed by atoms with Crippen molar-refractivity contribution in [2.75, 3.05) is 4.90 Å². The summed E-state index contributed by atoms with van der Waals surface area (Å²) in [4.78, 5) is 15.3. The zero-order valence-electron chi connectivity index (χ0n) is 17.4. The Morgan fingerprint density at radius 3 is 2.56 bits per heavy atom. The Kier molecular flexibility index (Phi) is 6.79. The van der Waals surface area contributed by atoms with E-state index in [1.54, 1.807) is 23.1 Å². The van der Waals surface area contributed by atoms with Gasteiger partial charge in [0.15, 0.2) is 4.32 Å². The average Bonchev–Trinajstić information content (AvgIpc) is 3.02. The molecule has 0 aromatic heterocycles. The summed E-state index contributed by atoms with van der Waals surface area (Å²) in [6.45, 7) is 4.27. The van der Waals surface area contributed by atoms with E-state index in [-0.39, 0.29) is 18.3 Å². The molecule has 0 atom stereocenters. The zero-order valence-corrected chi connectivity index (χ0v) is 20.6. The van der Waals surface area contributed by atoms with Gasteiger partial charge in [-0.2, -0.15) is 0 Å². The second kappa shape index (κ2) is 9.57. The predicted octanol–water partition coefficient (Wildman–Crippen LogP) is 7.19. The molecule has 7 heteroatoms. The molecule has 1 amide bonds. The number of amides is 1. The topological polar surface area (TPSA) is 29.5 Å². The van der Waals surface area contributed by atoms with E-state index in [0.717, 1.165) is 32.4 Å². The summed E-state index contributed by atoms with van der Waals surface area (Å²) in [5.41, 5.74) is 4.52. The molecule has 3 nitrogen and oxygen atoms in total. The first-order chi connectivity index (χ1) is 15.3. The summed E-state index contributed by atoms with van der Waals surface area (Å²) in [6, 6.07) is 17.7. The molecule has 3 aromatic rings. The summed E-state index contributed by atoms with van der Waals surface area (Å²) in [5, 5.41) is 0. The third-order valence-electron chi connectivity index (χ3n) is 4.95. The number of ether oxygens (including phenoxy) is 1. The number of aryl methyl sites for hydroxylation is 2. The number of hydrogen-bond acceptors (Lipinski definition) is 4. The fourth-order valence-corrected chi connectivity index (χ4v) is 5.03. The number of rotatable bonds is 5. The highest BCUT2D eigenvalue weighted by molar-refractivity contribution is 9.10. The fraction of sp³-hybridized carbons (Fsp3) is 0.120. The van der Waals surface area contributed by atoms with Crippen molar-refractivity contribution >= 4 is 61.9 Å². The lowest BCUT2D eigenvalue weighted by Crippen LogP contribution is -2.28. The third kappa shape index (κ3) is 4.95. The summed E-state index contributed by atoms with van der Waals surface area (Å²) < 4.78 is 20.5. The highest BCUT2D eigenvalue weighted by atomic mass is 79.9. The molecule has 1 aliphatic rings. The van der Waals surface area contributed by atoms with Crippen LogP contribution in [0.1, 0.15) is 22.3 Å². The molecule has 1 fully saturated rings. The number of carbonyl (C=O) groups is 1. The maximum atomic E-state index is 13.2. The minimum atomic E-state index is -0.288. The van der Waals surface area contributed by atoms with Gasteiger partial charge in [-0.15, -0.1) is 0 Å². The molecule has 0 N–H and O–H groups in total. The highest BCUT2D eigenvalue weighted by Gasteiger charge is 2.34. The van der Waals surface area contributed by atoms with Crippen molar-refractivity contribution in [2.45, 2.75) is 20.5 Å². The summed E-state index contributed by atoms with van der Waals surface area (Å²) in [5.74, 6) is 0.176. The Bertz CT molecular complexity index is 1240. The summed E-state index contributed by atoms with van der Waals surface area (Å²) in [7, 11) is 0. The molecule has 0 spiro atoms. The molecule has 1 saturated heterocycles. The Hall–Kier alpha value is -2.48. The maximum Gasteiger partial charge on any atom is 0.270 e. The van der Waals surface area contributed by atoms with Crippen LogP contribution in [0, 0.1) is 19.7 Å². The van der Waals surface area contributed by atoms with Crippen LogP contribution in [0.5, 0.6) is 5.75 Å². The lowest BCUT2D eigenvalue weighted by molar-refractivity contribution is -0.113. The monoisotopic (exact) mass is 527 g/mol. The number of nitrogens with zero attached hydrogens (tertiary/aromatic N) is 1. The van der Waals surface area contributed by atoms with Gasteiger partial charge in [0.2, 0.25) is 0 Å². The number of thioether (sulfide) groups is 1. The lowest BCUT2D eigenvalue weighted by atomic mass is 10.1. The van der Waals surface area contributed by atoms with Crippen LogP contribution in [0.15, 0.2) is 70.0 Å². The van der Waals surface area contributed by atoms with E-state index in [0.29, 0.717) is 15.0 Å². The quantitative estimate of drug-likeness (QED) is 0.259. The SMILES string of the molecule is Cc1ccc(N2C(=O)/C(=C\c3cc(Br)ccc3OCc3ccc(F)cc3)SC2=S)c(C)c1. The van der Waals surface area contributed by atoms with Crippen LogP contribution in [-0.4, -0.2) is 10.2 Å². The third-order valence-corrected chi connectivity index (χ3v) is 6.75. The van der Waals surface area contributed by atoms with Crippen LogP contribution in [0.2, 0.25) is 0 Å². The molecular formula is C25H19BrFNO2S2. The van der Waals surface area contributed by atoms with Gasteiger partial charge < -0.3 is 4.74 Å². The number of carbonyl (C=O) groups excluding carboxylic acids is 1. The lowest BCUT2D eigenvalue weighted by Gasteiger charge is -2.17. The Balaban J connectivity index is 1.61. The number of benzene rings is 3. The molecule has 32 heavy (non-hydrogen) atoms. The number of hydrogen-bond donors (Lipinski definition) is 0. The van der Waals surface area contributed by atoms with Crippen molar-refractivity contribution in [2.24, 2.45) is 0 Å². The van der Waals surface area contributed by atoms with Crippen molar-refractivity contribution in [3.05, 3.63) is 98.1 Å². The Labute approximate surface area is 204 Å². The standard InChI is InChI=1S/C25H19BrFNO2S2/c1-15-3-9-21(16(2)11-15)28-24(29)23(32-25(28)31)13-18-12-19(26)6-10-22(18)30-14-17-4-7-20(27)8-5-17/h3-13H,14H2,1-2H3/b23-13+. The minimum absolute atomic E-state index is 0.156. The molecule has 162 valence electrons. The van der Waals surface area contributed by atoms with Gasteiger partial charge in [-0.3, -0.25) is 9.69 Å². The minimum Gasteiger partial charge on any atom is -0.488 e. The second-order valence-corrected chi connectivity index (χ2v) is 10.00. The van der Waals surface area contributed by atoms with Gasteiger partial charge in [-0.25, -0.2) is 4.39 Å². The molecule has 0 unspecified atom stereocenters. The molecule has 0 radical (unpaired) electrons. The molecule has 1 heterocycles.